The summed E-state index contributed by atoms with van der Waals surface area (Å²) in [4.78, 5) is 12.3. The maximum Gasteiger partial charge on any atom is 0.184 e. The average Bonchev–Trinajstić information content (AvgIpc) is 2.50. The third kappa shape index (κ3) is 2.92. The van der Waals surface area contributed by atoms with Crippen LogP contribution in [0.25, 0.3) is 0 Å². The Bertz CT molecular complexity index is 638. The van der Waals surface area contributed by atoms with Crippen molar-refractivity contribution in [1.82, 2.24) is 0 Å². The van der Waals surface area contributed by atoms with Gasteiger partial charge in [0.15, 0.2) is 5.78 Å². The predicted molar refractivity (Wildman–Crippen MR) is 74.9 cm³/mol. The summed E-state index contributed by atoms with van der Waals surface area (Å²) >= 11 is 0. The molecule has 0 radical (unpaired) electrons. The summed E-state index contributed by atoms with van der Waals surface area (Å²) in [5.41, 5.74) is 2.15. The zero-order valence-electron chi connectivity index (χ0n) is 11.1. The van der Waals surface area contributed by atoms with Crippen LogP contribution in [-0.4, -0.2) is 5.78 Å². The molecule has 0 heterocycles. The second-order valence-electron chi connectivity index (χ2n) is 4.53. The number of nitriles is 1. The molecule has 0 aliphatic rings. The number of hydrogen-bond donors (Lipinski definition) is 0. The van der Waals surface area contributed by atoms with Gasteiger partial charge in [-0.3, -0.25) is 4.79 Å². The Balaban J connectivity index is 2.29. The van der Waals surface area contributed by atoms with Crippen LogP contribution < -0.4 is 0 Å². The number of Topliss-reactive ketones (excluding diaryl/α,β-unsaturated/α-hetero) is 1. The van der Waals surface area contributed by atoms with Crippen LogP contribution >= 0.6 is 0 Å². The monoisotopic (exact) mass is 267 g/mol. The zero-order valence-corrected chi connectivity index (χ0v) is 11.1. The minimum atomic E-state index is -0.900. The summed E-state index contributed by atoms with van der Waals surface area (Å²) in [6, 6.07) is 14.7. The van der Waals surface area contributed by atoms with Crippen LogP contribution in [0.4, 0.5) is 4.39 Å². The van der Waals surface area contributed by atoms with E-state index in [1.54, 1.807) is 12.1 Å². The molecule has 0 aromatic heterocycles. The van der Waals surface area contributed by atoms with E-state index in [-0.39, 0.29) is 11.6 Å². The van der Waals surface area contributed by atoms with Gasteiger partial charge in [-0.05, 0) is 29.7 Å². The van der Waals surface area contributed by atoms with Crippen molar-refractivity contribution in [2.45, 2.75) is 19.3 Å². The second kappa shape index (κ2) is 6.12. The molecule has 0 bridgehead atoms. The van der Waals surface area contributed by atoms with Gasteiger partial charge in [0.25, 0.3) is 0 Å². The van der Waals surface area contributed by atoms with Crippen molar-refractivity contribution in [3.63, 3.8) is 0 Å². The number of rotatable bonds is 4. The van der Waals surface area contributed by atoms with Crippen molar-refractivity contribution in [1.29, 1.82) is 5.26 Å². The van der Waals surface area contributed by atoms with Crippen molar-refractivity contribution in [2.24, 2.45) is 0 Å². The normalized spacial score (nSPS) is 11.7. The number of benzene rings is 2. The molecule has 0 aliphatic carbocycles. The number of aryl methyl sites for hydroxylation is 1. The van der Waals surface area contributed by atoms with Crippen LogP contribution in [0.1, 0.15) is 34.3 Å². The molecule has 0 saturated carbocycles. The molecule has 0 spiro atoms. The molecule has 2 nitrogen and oxygen atoms in total. The largest absolute Gasteiger partial charge is 0.292 e. The van der Waals surface area contributed by atoms with Crippen molar-refractivity contribution >= 4 is 5.78 Å². The maximum atomic E-state index is 12.9. The summed E-state index contributed by atoms with van der Waals surface area (Å²) in [5.74, 6) is -1.55. The molecule has 0 N–H and O–H groups in total. The SMILES string of the molecule is CCc1ccc(C(=O)C(C#N)c2ccc(F)cc2)cc1. The van der Waals surface area contributed by atoms with Gasteiger partial charge in [-0.25, -0.2) is 4.39 Å². The summed E-state index contributed by atoms with van der Waals surface area (Å²) < 4.78 is 12.9. The Kier molecular flexibility index (Phi) is 4.27. The molecular weight excluding hydrogens is 253 g/mol. The van der Waals surface area contributed by atoms with Gasteiger partial charge in [0.2, 0.25) is 0 Å². The highest BCUT2D eigenvalue weighted by molar-refractivity contribution is 6.02. The predicted octanol–water partition coefficient (Wildman–Crippen LogP) is 3.88. The highest BCUT2D eigenvalue weighted by Crippen LogP contribution is 2.21. The molecule has 0 amide bonds. The van der Waals surface area contributed by atoms with Crippen LogP contribution in [0, 0.1) is 17.1 Å². The highest BCUT2D eigenvalue weighted by Gasteiger charge is 2.21. The number of hydrogen-bond acceptors (Lipinski definition) is 2. The van der Waals surface area contributed by atoms with Gasteiger partial charge in [0.1, 0.15) is 11.7 Å². The standard InChI is InChI=1S/C17H14FNO/c1-2-12-3-5-14(6-4-12)17(20)16(11-19)13-7-9-15(18)10-8-13/h3-10,16H,2H2,1H3. The number of carbonyl (C=O) groups excluding carboxylic acids is 1. The highest BCUT2D eigenvalue weighted by atomic mass is 19.1. The number of halogens is 1. The fourth-order valence-electron chi connectivity index (χ4n) is 2.01. The molecule has 20 heavy (non-hydrogen) atoms. The molecule has 3 heteroatoms. The van der Waals surface area contributed by atoms with Gasteiger partial charge < -0.3 is 0 Å². The van der Waals surface area contributed by atoms with E-state index < -0.39 is 5.92 Å². The molecule has 0 aliphatic heterocycles. The number of nitrogens with zero attached hydrogens (tertiary/aromatic N) is 1. The van der Waals surface area contributed by atoms with Crippen molar-refractivity contribution < 1.29 is 9.18 Å². The van der Waals surface area contributed by atoms with E-state index in [9.17, 15) is 14.4 Å². The zero-order chi connectivity index (χ0) is 14.5. The van der Waals surface area contributed by atoms with E-state index >= 15 is 0 Å². The van der Waals surface area contributed by atoms with Gasteiger partial charge >= 0.3 is 0 Å². The Labute approximate surface area is 117 Å². The lowest BCUT2D eigenvalue weighted by Crippen LogP contribution is -2.11. The molecule has 0 fully saturated rings. The maximum absolute atomic E-state index is 12.9. The minimum absolute atomic E-state index is 0.262. The summed E-state index contributed by atoms with van der Waals surface area (Å²) in [5, 5.41) is 9.22. The fourth-order valence-corrected chi connectivity index (χ4v) is 2.01. The minimum Gasteiger partial charge on any atom is -0.292 e. The Morgan fingerprint density at radius 2 is 1.75 bits per heavy atom. The molecule has 0 saturated heterocycles. The first kappa shape index (κ1) is 14.0. The Hall–Kier alpha value is -2.47. The van der Waals surface area contributed by atoms with Crippen LogP contribution in [0.3, 0.4) is 0 Å². The lowest BCUT2D eigenvalue weighted by Gasteiger charge is -2.09. The van der Waals surface area contributed by atoms with E-state index in [0.717, 1.165) is 12.0 Å². The first-order valence-electron chi connectivity index (χ1n) is 6.44. The van der Waals surface area contributed by atoms with Gasteiger partial charge in [0.05, 0.1) is 6.07 Å². The van der Waals surface area contributed by atoms with Gasteiger partial charge in [-0.2, -0.15) is 5.26 Å². The van der Waals surface area contributed by atoms with Crippen LogP contribution in [-0.2, 0) is 6.42 Å². The first-order chi connectivity index (χ1) is 9.65. The topological polar surface area (TPSA) is 40.9 Å². The summed E-state index contributed by atoms with van der Waals surface area (Å²) in [6.45, 7) is 2.04. The molecular formula is C17H14FNO. The number of ketones is 1. The quantitative estimate of drug-likeness (QED) is 0.789. The lowest BCUT2D eigenvalue weighted by molar-refractivity contribution is 0.0979. The van der Waals surface area contributed by atoms with Gasteiger partial charge in [0, 0.05) is 5.56 Å². The molecule has 2 aromatic carbocycles. The molecule has 100 valence electrons. The summed E-state index contributed by atoms with van der Waals surface area (Å²) in [6.07, 6.45) is 0.897. The van der Waals surface area contributed by atoms with Crippen molar-refractivity contribution in [3.05, 3.63) is 71.0 Å². The van der Waals surface area contributed by atoms with Gasteiger partial charge in [-0.15, -0.1) is 0 Å². The fraction of sp³-hybridized carbons (Fsp3) is 0.176. The van der Waals surface area contributed by atoms with E-state index in [1.807, 2.05) is 25.1 Å². The van der Waals surface area contributed by atoms with Crippen molar-refractivity contribution in [2.75, 3.05) is 0 Å². The van der Waals surface area contributed by atoms with E-state index in [2.05, 4.69) is 0 Å². The van der Waals surface area contributed by atoms with E-state index in [1.165, 1.54) is 24.3 Å². The number of carbonyl (C=O) groups is 1. The molecule has 2 rings (SSSR count). The van der Waals surface area contributed by atoms with E-state index in [0.29, 0.717) is 11.1 Å². The Morgan fingerprint density at radius 1 is 1.15 bits per heavy atom. The lowest BCUT2D eigenvalue weighted by atomic mass is 9.91. The third-order valence-corrected chi connectivity index (χ3v) is 3.24. The van der Waals surface area contributed by atoms with Crippen LogP contribution in [0.2, 0.25) is 0 Å². The third-order valence-electron chi connectivity index (χ3n) is 3.24. The Morgan fingerprint density at radius 3 is 2.25 bits per heavy atom. The van der Waals surface area contributed by atoms with Gasteiger partial charge in [-0.1, -0.05) is 43.3 Å². The van der Waals surface area contributed by atoms with Crippen molar-refractivity contribution in [3.8, 4) is 6.07 Å². The summed E-state index contributed by atoms with van der Waals surface area (Å²) in [7, 11) is 0. The molecule has 1 atom stereocenters. The van der Waals surface area contributed by atoms with Crippen LogP contribution in [0.5, 0.6) is 0 Å². The molecule has 1 unspecified atom stereocenters. The van der Waals surface area contributed by atoms with E-state index in [4.69, 9.17) is 0 Å². The second-order valence-corrected chi connectivity index (χ2v) is 4.53. The first-order valence-corrected chi connectivity index (χ1v) is 6.44. The van der Waals surface area contributed by atoms with Crippen LogP contribution in [0.15, 0.2) is 48.5 Å². The average molecular weight is 267 g/mol. The molecule has 2 aromatic rings. The smallest absolute Gasteiger partial charge is 0.184 e.